The van der Waals surface area contributed by atoms with Gasteiger partial charge in [0.25, 0.3) is 0 Å². The zero-order chi connectivity index (χ0) is 16.2. The molecule has 0 bridgehead atoms. The van der Waals surface area contributed by atoms with Gasteiger partial charge in [-0.2, -0.15) is 5.10 Å². The predicted molar refractivity (Wildman–Crippen MR) is 89.9 cm³/mol. The van der Waals surface area contributed by atoms with Crippen LogP contribution in [0.5, 0.6) is 0 Å². The second-order valence-corrected chi connectivity index (χ2v) is 5.95. The molecule has 120 valence electrons. The fraction of sp³-hybridized carbons (Fsp3) is 0.333. The smallest absolute Gasteiger partial charge is 0.151 e. The van der Waals surface area contributed by atoms with Gasteiger partial charge in [-0.15, -0.1) is 0 Å². The van der Waals surface area contributed by atoms with E-state index in [4.69, 9.17) is 4.52 Å². The summed E-state index contributed by atoms with van der Waals surface area (Å²) >= 11 is 0. The van der Waals surface area contributed by atoms with Crippen LogP contribution in [0.3, 0.4) is 0 Å². The molecule has 2 aromatic heterocycles. The Morgan fingerprint density at radius 1 is 1.22 bits per heavy atom. The van der Waals surface area contributed by atoms with Crippen molar-refractivity contribution in [2.24, 2.45) is 0 Å². The molecule has 5 heteroatoms. The van der Waals surface area contributed by atoms with Crippen molar-refractivity contribution in [2.75, 3.05) is 0 Å². The molecular weight excluding hydrogens is 288 g/mol. The number of nitrogens with zero attached hydrogens (tertiary/aromatic N) is 3. The van der Waals surface area contributed by atoms with Gasteiger partial charge in [-0.05, 0) is 26.3 Å². The summed E-state index contributed by atoms with van der Waals surface area (Å²) in [5.74, 6) is 0.833. The average Bonchev–Trinajstić information content (AvgIpc) is 3.22. The van der Waals surface area contributed by atoms with Crippen molar-refractivity contribution >= 4 is 0 Å². The van der Waals surface area contributed by atoms with Gasteiger partial charge in [0.05, 0.1) is 18.8 Å². The van der Waals surface area contributed by atoms with E-state index in [2.05, 4.69) is 35.6 Å². The molecule has 3 rings (SSSR count). The summed E-state index contributed by atoms with van der Waals surface area (Å²) in [6, 6.07) is 12.6. The predicted octanol–water partition coefficient (Wildman–Crippen LogP) is 3.59. The van der Waals surface area contributed by atoms with Gasteiger partial charge < -0.3 is 9.84 Å². The fourth-order valence-corrected chi connectivity index (χ4v) is 2.46. The first kappa shape index (κ1) is 15.5. The Morgan fingerprint density at radius 3 is 2.70 bits per heavy atom. The van der Waals surface area contributed by atoms with Crippen LogP contribution in [-0.2, 0) is 6.54 Å². The molecule has 0 aliphatic rings. The normalized spacial score (nSPS) is 13.9. The van der Waals surface area contributed by atoms with Crippen LogP contribution in [-0.4, -0.2) is 21.0 Å². The van der Waals surface area contributed by atoms with Crippen LogP contribution < -0.4 is 5.32 Å². The van der Waals surface area contributed by atoms with Crippen LogP contribution in [0, 0.1) is 6.92 Å². The molecule has 1 N–H and O–H groups in total. The molecule has 2 heterocycles. The number of aryl methyl sites for hydroxylation is 1. The van der Waals surface area contributed by atoms with Crippen molar-refractivity contribution in [1.82, 2.24) is 20.3 Å². The Labute approximate surface area is 136 Å². The molecule has 0 saturated carbocycles. The highest BCUT2D eigenvalue weighted by Gasteiger charge is 2.15. The summed E-state index contributed by atoms with van der Waals surface area (Å²) < 4.78 is 7.41. The molecule has 0 spiro atoms. The lowest BCUT2D eigenvalue weighted by Gasteiger charge is -2.21. The van der Waals surface area contributed by atoms with Crippen molar-refractivity contribution in [3.63, 3.8) is 0 Å². The number of rotatable bonds is 6. The van der Waals surface area contributed by atoms with Gasteiger partial charge in [0.15, 0.2) is 5.76 Å². The van der Waals surface area contributed by atoms with E-state index in [1.54, 1.807) is 0 Å². The summed E-state index contributed by atoms with van der Waals surface area (Å²) in [5.41, 5.74) is 3.11. The van der Waals surface area contributed by atoms with E-state index in [0.717, 1.165) is 17.0 Å². The molecule has 0 aliphatic heterocycles. The van der Waals surface area contributed by atoms with Gasteiger partial charge in [-0.3, -0.25) is 4.68 Å². The van der Waals surface area contributed by atoms with Crippen LogP contribution in [0.2, 0.25) is 0 Å². The lowest BCUT2D eigenvalue weighted by atomic mass is 10.1. The third-order valence-electron chi connectivity index (χ3n) is 4.10. The van der Waals surface area contributed by atoms with E-state index in [1.165, 1.54) is 5.56 Å². The maximum absolute atomic E-state index is 5.42. The topological polar surface area (TPSA) is 55.9 Å². The van der Waals surface area contributed by atoms with Gasteiger partial charge in [0.1, 0.15) is 5.69 Å². The highest BCUT2D eigenvalue weighted by Crippen LogP contribution is 2.19. The summed E-state index contributed by atoms with van der Waals surface area (Å²) in [7, 11) is 0. The second kappa shape index (κ2) is 6.79. The van der Waals surface area contributed by atoms with E-state index in [-0.39, 0.29) is 12.1 Å². The summed E-state index contributed by atoms with van der Waals surface area (Å²) in [6.07, 6.45) is 3.94. The Bertz CT molecular complexity index is 747. The van der Waals surface area contributed by atoms with Crippen LogP contribution in [0.25, 0.3) is 11.3 Å². The first-order chi connectivity index (χ1) is 11.1. The number of nitrogens with one attached hydrogen (secondary N) is 1. The van der Waals surface area contributed by atoms with E-state index < -0.39 is 0 Å². The number of benzene rings is 1. The van der Waals surface area contributed by atoms with Crippen LogP contribution >= 0.6 is 0 Å². The lowest BCUT2D eigenvalue weighted by Crippen LogP contribution is -2.33. The molecular formula is C18H22N4O. The summed E-state index contributed by atoms with van der Waals surface area (Å²) in [6.45, 7) is 7.00. The van der Waals surface area contributed by atoms with E-state index >= 15 is 0 Å². The highest BCUT2D eigenvalue weighted by molar-refractivity contribution is 5.58. The average molecular weight is 310 g/mol. The quantitative estimate of drug-likeness (QED) is 0.756. The maximum Gasteiger partial charge on any atom is 0.151 e. The molecule has 0 radical (unpaired) electrons. The van der Waals surface area contributed by atoms with Crippen molar-refractivity contribution < 1.29 is 4.52 Å². The number of aromatic nitrogens is 3. The second-order valence-electron chi connectivity index (χ2n) is 5.95. The van der Waals surface area contributed by atoms with Gasteiger partial charge >= 0.3 is 0 Å². The van der Waals surface area contributed by atoms with Gasteiger partial charge in [-0.1, -0.05) is 35.5 Å². The Hall–Kier alpha value is -2.40. The molecule has 0 amide bonds. The molecule has 3 aromatic rings. The Morgan fingerprint density at radius 2 is 2.00 bits per heavy atom. The van der Waals surface area contributed by atoms with Crippen molar-refractivity contribution in [2.45, 2.75) is 39.4 Å². The molecule has 23 heavy (non-hydrogen) atoms. The molecule has 0 fully saturated rings. The molecule has 5 nitrogen and oxygen atoms in total. The molecule has 0 aliphatic carbocycles. The van der Waals surface area contributed by atoms with E-state index in [0.29, 0.717) is 6.54 Å². The zero-order valence-electron chi connectivity index (χ0n) is 13.7. The van der Waals surface area contributed by atoms with Gasteiger partial charge in [-0.25, -0.2) is 0 Å². The summed E-state index contributed by atoms with van der Waals surface area (Å²) in [4.78, 5) is 0. The van der Waals surface area contributed by atoms with Gasteiger partial charge in [0.2, 0.25) is 0 Å². The molecule has 2 atom stereocenters. The standard InChI is InChI=1S/C18H22N4O/c1-13-10-20-22(12-13)15(3)14(2)19-11-17-9-18(21-23-17)16-7-5-4-6-8-16/h4-10,12,14-15,19H,11H2,1-3H3/t14-,15-/m0/s1. The molecule has 0 unspecified atom stereocenters. The third-order valence-corrected chi connectivity index (χ3v) is 4.10. The maximum atomic E-state index is 5.42. The summed E-state index contributed by atoms with van der Waals surface area (Å²) in [5, 5.41) is 12.0. The molecule has 0 saturated heterocycles. The lowest BCUT2D eigenvalue weighted by molar-refractivity contribution is 0.330. The third kappa shape index (κ3) is 3.68. The minimum atomic E-state index is 0.263. The Balaban J connectivity index is 1.59. The molecule has 1 aromatic carbocycles. The van der Waals surface area contributed by atoms with Gasteiger partial charge in [0, 0.05) is 23.9 Å². The van der Waals surface area contributed by atoms with E-state index in [1.807, 2.05) is 54.2 Å². The largest absolute Gasteiger partial charge is 0.359 e. The van der Waals surface area contributed by atoms with Crippen LogP contribution in [0.4, 0.5) is 0 Å². The Kier molecular flexibility index (Phi) is 4.57. The fourth-order valence-electron chi connectivity index (χ4n) is 2.46. The first-order valence-electron chi connectivity index (χ1n) is 7.88. The van der Waals surface area contributed by atoms with Crippen molar-refractivity contribution in [3.05, 3.63) is 60.1 Å². The highest BCUT2D eigenvalue weighted by atomic mass is 16.5. The number of hydrogen-bond acceptors (Lipinski definition) is 4. The monoisotopic (exact) mass is 310 g/mol. The first-order valence-corrected chi connectivity index (χ1v) is 7.88. The minimum absolute atomic E-state index is 0.263. The van der Waals surface area contributed by atoms with Crippen LogP contribution in [0.1, 0.15) is 31.2 Å². The van der Waals surface area contributed by atoms with Crippen molar-refractivity contribution in [3.8, 4) is 11.3 Å². The zero-order valence-corrected chi connectivity index (χ0v) is 13.7. The SMILES string of the molecule is Cc1cnn([C@@H](C)[C@H](C)NCc2cc(-c3ccccc3)no2)c1. The van der Waals surface area contributed by atoms with E-state index in [9.17, 15) is 0 Å². The minimum Gasteiger partial charge on any atom is -0.359 e. The van der Waals surface area contributed by atoms with Crippen molar-refractivity contribution in [1.29, 1.82) is 0 Å². The number of hydrogen-bond donors (Lipinski definition) is 1. The van der Waals surface area contributed by atoms with Crippen LogP contribution in [0.15, 0.2) is 53.3 Å².